The fourth-order valence-electron chi connectivity index (χ4n) is 4.36. The number of hydrogen-bond acceptors (Lipinski definition) is 5. The number of hydrogen-bond donors (Lipinski definition) is 2. The number of thioether (sulfide) groups is 1. The van der Waals surface area contributed by atoms with Crippen molar-refractivity contribution < 1.29 is 19.7 Å². The van der Waals surface area contributed by atoms with Crippen LogP contribution in [0.2, 0.25) is 0 Å². The number of aromatic hydroxyl groups is 2. The van der Waals surface area contributed by atoms with Gasteiger partial charge in [-0.15, -0.1) is 11.8 Å². The highest BCUT2D eigenvalue weighted by Gasteiger charge is 2.24. The van der Waals surface area contributed by atoms with Crippen molar-refractivity contribution in [1.82, 2.24) is 0 Å². The number of fused-ring (bicyclic) bond motifs is 1. The lowest BCUT2D eigenvalue weighted by Gasteiger charge is -2.20. The van der Waals surface area contributed by atoms with E-state index in [1.807, 2.05) is 0 Å². The molecule has 1 aliphatic heterocycles. The Kier molecular flexibility index (Phi) is 13.7. The molecule has 2 rings (SSSR count). The Hall–Kier alpha value is -1.36. The van der Waals surface area contributed by atoms with E-state index in [0.29, 0.717) is 23.5 Å². The molecule has 5 heteroatoms. The summed E-state index contributed by atoms with van der Waals surface area (Å²) < 4.78 is 5.22. The van der Waals surface area contributed by atoms with Gasteiger partial charge in [0.25, 0.3) is 0 Å². The minimum Gasteiger partial charge on any atom is -0.504 e. The van der Waals surface area contributed by atoms with Crippen molar-refractivity contribution in [3.8, 4) is 17.2 Å². The highest BCUT2D eigenvalue weighted by molar-refractivity contribution is 7.99. The van der Waals surface area contributed by atoms with Crippen LogP contribution in [0.3, 0.4) is 0 Å². The van der Waals surface area contributed by atoms with Gasteiger partial charge in [-0.2, -0.15) is 0 Å². The summed E-state index contributed by atoms with van der Waals surface area (Å²) in [4.78, 5) is 12.2. The fraction of sp³-hybridized carbons (Fsp3) is 0.741. The van der Waals surface area contributed by atoms with Crippen LogP contribution in [-0.2, 0) is 11.2 Å². The largest absolute Gasteiger partial charge is 0.504 e. The molecule has 32 heavy (non-hydrogen) atoms. The van der Waals surface area contributed by atoms with Crippen LogP contribution >= 0.6 is 11.8 Å². The smallest absolute Gasteiger partial charge is 0.311 e. The monoisotopic (exact) mass is 464 g/mol. The van der Waals surface area contributed by atoms with Crippen LogP contribution in [0, 0.1) is 0 Å². The number of carbonyl (C=O) groups is 1. The maximum Gasteiger partial charge on any atom is 0.311 e. The van der Waals surface area contributed by atoms with E-state index in [1.165, 1.54) is 102 Å². The summed E-state index contributed by atoms with van der Waals surface area (Å²) in [6.45, 7) is 2.28. The molecule has 1 heterocycles. The molecule has 0 saturated carbocycles. The van der Waals surface area contributed by atoms with Crippen molar-refractivity contribution in [1.29, 1.82) is 0 Å². The van der Waals surface area contributed by atoms with E-state index in [1.54, 1.807) is 11.8 Å². The predicted molar refractivity (Wildman–Crippen MR) is 134 cm³/mol. The third kappa shape index (κ3) is 10.1. The van der Waals surface area contributed by atoms with Crippen molar-refractivity contribution in [3.05, 3.63) is 11.6 Å². The summed E-state index contributed by atoms with van der Waals surface area (Å²) in [6, 6.07) is 1.35. The molecule has 0 bridgehead atoms. The van der Waals surface area contributed by atoms with Gasteiger partial charge in [0.15, 0.2) is 11.5 Å². The van der Waals surface area contributed by atoms with Gasteiger partial charge in [-0.25, -0.2) is 0 Å². The molecule has 0 aromatic heterocycles. The van der Waals surface area contributed by atoms with Crippen LogP contribution < -0.4 is 4.74 Å². The average Bonchev–Trinajstić information content (AvgIpc) is 2.78. The Labute approximate surface area is 199 Å². The summed E-state index contributed by atoms with van der Waals surface area (Å²) >= 11 is 1.56. The maximum absolute atomic E-state index is 11.5. The predicted octanol–water partition coefficient (Wildman–Crippen LogP) is 8.30. The lowest BCUT2D eigenvalue weighted by molar-refractivity contribution is -0.135. The van der Waals surface area contributed by atoms with Crippen molar-refractivity contribution in [3.63, 3.8) is 0 Å². The molecule has 0 aliphatic carbocycles. The Morgan fingerprint density at radius 2 is 1.28 bits per heavy atom. The van der Waals surface area contributed by atoms with Crippen molar-refractivity contribution in [2.75, 3.05) is 5.75 Å². The third-order valence-corrected chi connectivity index (χ3v) is 7.57. The van der Waals surface area contributed by atoms with Gasteiger partial charge in [-0.1, -0.05) is 103 Å². The Morgan fingerprint density at radius 3 is 1.81 bits per heavy atom. The molecular formula is C27H44O4S. The topological polar surface area (TPSA) is 66.8 Å². The molecule has 0 amide bonds. The molecule has 182 valence electrons. The van der Waals surface area contributed by atoms with Crippen LogP contribution in [0.1, 0.15) is 122 Å². The zero-order chi connectivity index (χ0) is 23.0. The lowest BCUT2D eigenvalue weighted by Crippen LogP contribution is -2.16. The Bertz CT molecular complexity index is 674. The second-order valence-corrected chi connectivity index (χ2v) is 10.3. The molecule has 1 aromatic rings. The first-order chi connectivity index (χ1) is 15.6. The molecule has 0 unspecified atom stereocenters. The zero-order valence-electron chi connectivity index (χ0n) is 20.1. The molecule has 0 radical (unpaired) electrons. The molecule has 1 aliphatic rings. The minimum absolute atomic E-state index is 0.0804. The van der Waals surface area contributed by atoms with Gasteiger partial charge in [-0.3, -0.25) is 4.79 Å². The highest BCUT2D eigenvalue weighted by Crippen LogP contribution is 2.45. The standard InChI is InChI=1S/C27H44O4S/c1-2-3-4-5-6-7-8-9-10-11-12-13-14-15-16-17-20-32-27-22-18-19-25(29)31-24(22)21-23(28)26(27)30/h21,28,30H,2-20H2,1H3. The first-order valence-corrected chi connectivity index (χ1v) is 14.0. The summed E-state index contributed by atoms with van der Waals surface area (Å²) in [7, 11) is 0. The first-order valence-electron chi connectivity index (χ1n) is 13.0. The van der Waals surface area contributed by atoms with Crippen LogP contribution in [0.4, 0.5) is 0 Å². The number of benzene rings is 1. The van der Waals surface area contributed by atoms with E-state index < -0.39 is 0 Å². The van der Waals surface area contributed by atoms with Gasteiger partial charge in [0, 0.05) is 11.6 Å². The van der Waals surface area contributed by atoms with Crippen LogP contribution in [0.5, 0.6) is 17.2 Å². The van der Waals surface area contributed by atoms with E-state index in [-0.39, 0.29) is 17.5 Å². The molecule has 2 N–H and O–H groups in total. The quantitative estimate of drug-likeness (QED) is 0.0751. The normalized spacial score (nSPS) is 13.2. The summed E-state index contributed by atoms with van der Waals surface area (Å²) in [5, 5.41) is 20.2. The van der Waals surface area contributed by atoms with Crippen LogP contribution in [0.25, 0.3) is 0 Å². The number of phenolic OH excluding ortho intramolecular Hbond substituents is 2. The van der Waals surface area contributed by atoms with Crippen molar-refractivity contribution in [2.24, 2.45) is 0 Å². The SMILES string of the molecule is CCCCCCCCCCCCCCCCCCSc1c(O)c(O)cc2c1CCC(=O)O2. The van der Waals surface area contributed by atoms with E-state index in [2.05, 4.69) is 6.92 Å². The Balaban J connectivity index is 1.45. The first kappa shape index (κ1) is 26.9. The highest BCUT2D eigenvalue weighted by atomic mass is 32.2. The summed E-state index contributed by atoms with van der Waals surface area (Å²) in [6.07, 6.45) is 22.5. The molecule has 0 atom stereocenters. The molecule has 0 fully saturated rings. The summed E-state index contributed by atoms with van der Waals surface area (Å²) in [5.41, 5.74) is 0.849. The molecule has 0 saturated heterocycles. The average molecular weight is 465 g/mol. The number of ether oxygens (including phenoxy) is 1. The van der Waals surface area contributed by atoms with Gasteiger partial charge >= 0.3 is 5.97 Å². The second kappa shape index (κ2) is 16.3. The van der Waals surface area contributed by atoms with Gasteiger partial charge in [-0.05, 0) is 18.6 Å². The van der Waals surface area contributed by atoms with E-state index in [4.69, 9.17) is 4.74 Å². The lowest BCUT2D eigenvalue weighted by atomic mass is 10.0. The molecule has 0 spiro atoms. The van der Waals surface area contributed by atoms with Crippen LogP contribution in [-0.4, -0.2) is 21.9 Å². The molecule has 1 aromatic carbocycles. The van der Waals surface area contributed by atoms with E-state index in [0.717, 1.165) is 17.7 Å². The number of carbonyl (C=O) groups excluding carboxylic acids is 1. The number of unbranched alkanes of at least 4 members (excludes halogenated alkanes) is 15. The number of phenols is 2. The van der Waals surface area contributed by atoms with Crippen molar-refractivity contribution >= 4 is 17.7 Å². The van der Waals surface area contributed by atoms with Gasteiger partial charge < -0.3 is 14.9 Å². The zero-order valence-corrected chi connectivity index (χ0v) is 20.9. The second-order valence-electron chi connectivity index (χ2n) is 9.18. The molecule has 4 nitrogen and oxygen atoms in total. The van der Waals surface area contributed by atoms with E-state index >= 15 is 0 Å². The van der Waals surface area contributed by atoms with Gasteiger partial charge in [0.2, 0.25) is 0 Å². The van der Waals surface area contributed by atoms with Crippen molar-refractivity contribution in [2.45, 2.75) is 127 Å². The minimum atomic E-state index is -0.281. The number of rotatable bonds is 18. The number of esters is 1. The van der Waals surface area contributed by atoms with Gasteiger partial charge in [0.1, 0.15) is 5.75 Å². The third-order valence-electron chi connectivity index (χ3n) is 6.34. The van der Waals surface area contributed by atoms with E-state index in [9.17, 15) is 15.0 Å². The summed E-state index contributed by atoms with van der Waals surface area (Å²) in [5.74, 6) is 0.717. The fourth-order valence-corrected chi connectivity index (χ4v) is 5.53. The maximum atomic E-state index is 11.5. The van der Waals surface area contributed by atoms with Gasteiger partial charge in [0.05, 0.1) is 11.3 Å². The molecular weight excluding hydrogens is 420 g/mol. The van der Waals surface area contributed by atoms with Crippen LogP contribution in [0.15, 0.2) is 11.0 Å². The Morgan fingerprint density at radius 1 is 0.781 bits per heavy atom.